The van der Waals surface area contributed by atoms with E-state index in [0.29, 0.717) is 19.6 Å². The van der Waals surface area contributed by atoms with E-state index in [1.54, 1.807) is 35.7 Å². The van der Waals surface area contributed by atoms with Gasteiger partial charge in [-0.3, -0.25) is 9.98 Å². The van der Waals surface area contributed by atoms with Crippen molar-refractivity contribution in [3.05, 3.63) is 52.5 Å². The summed E-state index contributed by atoms with van der Waals surface area (Å²) in [6.07, 6.45) is 3.94. The van der Waals surface area contributed by atoms with Crippen molar-refractivity contribution in [3.8, 4) is 0 Å². The maximum Gasteiger partial charge on any atom is 0.410 e. The van der Waals surface area contributed by atoms with E-state index in [1.165, 1.54) is 5.56 Å². The predicted molar refractivity (Wildman–Crippen MR) is 133 cm³/mol. The zero-order valence-corrected chi connectivity index (χ0v) is 21.2. The summed E-state index contributed by atoms with van der Waals surface area (Å²) in [4.78, 5) is 22.7. The van der Waals surface area contributed by atoms with Crippen LogP contribution in [0.2, 0.25) is 0 Å². The van der Waals surface area contributed by atoms with Crippen LogP contribution in [0.3, 0.4) is 0 Å². The third kappa shape index (κ3) is 10.2. The number of aromatic nitrogens is 1. The monoisotopic (exact) mass is 545 g/mol. The first kappa shape index (κ1) is 26.2. The number of pyridine rings is 1. The Kier molecular flexibility index (Phi) is 11.7. The normalized spacial score (nSPS) is 11.4. The molecule has 0 spiro atoms. The van der Waals surface area contributed by atoms with Crippen molar-refractivity contribution >= 4 is 47.4 Å². The number of rotatable bonds is 8. The van der Waals surface area contributed by atoms with Crippen LogP contribution in [0, 0.1) is 0 Å². The van der Waals surface area contributed by atoms with Crippen LogP contribution in [0.4, 0.5) is 4.79 Å². The molecular weight excluding hydrogens is 513 g/mol. The second-order valence-corrected chi connectivity index (χ2v) is 8.38. The smallest absolute Gasteiger partial charge is 0.410 e. The molecule has 0 aliphatic rings. The number of aliphatic imine (C=N–C) groups is 1. The number of thiophene rings is 1. The summed E-state index contributed by atoms with van der Waals surface area (Å²) >= 11 is 1.68. The lowest BCUT2D eigenvalue weighted by atomic mass is 10.2. The molecule has 2 aromatic rings. The van der Waals surface area contributed by atoms with Crippen molar-refractivity contribution < 1.29 is 9.53 Å². The number of carbonyl (C=O) groups is 1. The van der Waals surface area contributed by atoms with Crippen LogP contribution in [-0.4, -0.2) is 47.7 Å². The molecule has 2 heterocycles. The predicted octanol–water partition coefficient (Wildman–Crippen LogP) is 4.25. The molecule has 30 heavy (non-hydrogen) atoms. The summed E-state index contributed by atoms with van der Waals surface area (Å²) in [6, 6.07) is 5.91. The number of guanidine groups is 1. The van der Waals surface area contributed by atoms with Gasteiger partial charge in [0.1, 0.15) is 5.60 Å². The van der Waals surface area contributed by atoms with Gasteiger partial charge >= 0.3 is 6.09 Å². The highest BCUT2D eigenvalue weighted by molar-refractivity contribution is 14.0. The van der Waals surface area contributed by atoms with Gasteiger partial charge in [0.2, 0.25) is 0 Å². The van der Waals surface area contributed by atoms with Gasteiger partial charge in [0.05, 0.1) is 6.54 Å². The Morgan fingerprint density at radius 3 is 2.67 bits per heavy atom. The molecular formula is C21H32IN5O2S. The molecule has 0 aliphatic heterocycles. The molecule has 0 aliphatic carbocycles. The van der Waals surface area contributed by atoms with E-state index in [4.69, 9.17) is 4.74 Å². The summed E-state index contributed by atoms with van der Waals surface area (Å²) in [5, 5.41) is 10.7. The second kappa shape index (κ2) is 13.4. The van der Waals surface area contributed by atoms with Crippen molar-refractivity contribution in [1.82, 2.24) is 20.5 Å². The lowest BCUT2D eigenvalue weighted by Crippen LogP contribution is -2.40. The van der Waals surface area contributed by atoms with Crippen LogP contribution in [0.5, 0.6) is 0 Å². The van der Waals surface area contributed by atoms with Crippen molar-refractivity contribution in [1.29, 1.82) is 0 Å². The Morgan fingerprint density at radius 2 is 2.07 bits per heavy atom. The Bertz CT molecular complexity index is 763. The van der Waals surface area contributed by atoms with Gasteiger partial charge in [-0.2, -0.15) is 11.3 Å². The third-order valence-corrected chi connectivity index (χ3v) is 4.64. The van der Waals surface area contributed by atoms with Crippen molar-refractivity contribution in [2.75, 3.05) is 20.1 Å². The number of amides is 1. The highest BCUT2D eigenvalue weighted by atomic mass is 127. The molecule has 0 saturated carbocycles. The molecule has 0 unspecified atom stereocenters. The third-order valence-electron chi connectivity index (χ3n) is 3.91. The van der Waals surface area contributed by atoms with Gasteiger partial charge < -0.3 is 20.3 Å². The standard InChI is InChI=1S/C21H31N5O2S.HI/c1-21(2,3)28-20(27)26(15-17-7-5-9-23-13-17)11-6-10-24-19(22-4)25-14-18-8-12-29-16-18;/h5,7-9,12-13,16H,6,10-11,14-15H2,1-4H3,(H2,22,24,25);1H. The zero-order valence-electron chi connectivity index (χ0n) is 18.1. The van der Waals surface area contributed by atoms with E-state index in [-0.39, 0.29) is 30.1 Å². The first-order valence-corrected chi connectivity index (χ1v) is 10.6. The van der Waals surface area contributed by atoms with Gasteiger partial charge in [-0.05, 0) is 61.2 Å². The molecule has 0 aromatic carbocycles. The fraction of sp³-hybridized carbons (Fsp3) is 0.476. The van der Waals surface area contributed by atoms with Crippen LogP contribution < -0.4 is 10.6 Å². The maximum atomic E-state index is 12.6. The molecule has 7 nitrogen and oxygen atoms in total. The Labute approximate surface area is 200 Å². The summed E-state index contributed by atoms with van der Waals surface area (Å²) in [6.45, 7) is 8.07. The van der Waals surface area contributed by atoms with E-state index in [0.717, 1.165) is 24.5 Å². The number of halogens is 1. The number of hydrogen-bond acceptors (Lipinski definition) is 5. The van der Waals surface area contributed by atoms with Gasteiger partial charge in [0, 0.05) is 39.1 Å². The topological polar surface area (TPSA) is 78.9 Å². The van der Waals surface area contributed by atoms with Crippen molar-refractivity contribution in [2.24, 2.45) is 4.99 Å². The minimum Gasteiger partial charge on any atom is -0.444 e. The van der Waals surface area contributed by atoms with E-state index < -0.39 is 5.60 Å². The lowest BCUT2D eigenvalue weighted by molar-refractivity contribution is 0.0232. The van der Waals surface area contributed by atoms with Crippen LogP contribution in [0.15, 0.2) is 46.3 Å². The highest BCUT2D eigenvalue weighted by Crippen LogP contribution is 2.13. The fourth-order valence-corrected chi connectivity index (χ4v) is 3.22. The number of nitrogens with zero attached hydrogens (tertiary/aromatic N) is 3. The average molecular weight is 545 g/mol. The van der Waals surface area contributed by atoms with Gasteiger partial charge in [-0.15, -0.1) is 24.0 Å². The molecule has 9 heteroatoms. The van der Waals surface area contributed by atoms with Crippen LogP contribution >= 0.6 is 35.3 Å². The van der Waals surface area contributed by atoms with Crippen LogP contribution in [0.25, 0.3) is 0 Å². The van der Waals surface area contributed by atoms with E-state index >= 15 is 0 Å². The van der Waals surface area contributed by atoms with Crippen molar-refractivity contribution in [2.45, 2.75) is 45.9 Å². The van der Waals surface area contributed by atoms with E-state index in [2.05, 4.69) is 37.4 Å². The van der Waals surface area contributed by atoms with Gasteiger partial charge in [-0.25, -0.2) is 4.79 Å². The van der Waals surface area contributed by atoms with Gasteiger partial charge in [0.15, 0.2) is 5.96 Å². The second-order valence-electron chi connectivity index (χ2n) is 7.60. The largest absolute Gasteiger partial charge is 0.444 e. The van der Waals surface area contributed by atoms with E-state index in [1.807, 2.05) is 32.9 Å². The first-order chi connectivity index (χ1) is 13.9. The minimum absolute atomic E-state index is 0. The van der Waals surface area contributed by atoms with Crippen molar-refractivity contribution in [3.63, 3.8) is 0 Å². The summed E-state index contributed by atoms with van der Waals surface area (Å²) in [5.74, 6) is 0.743. The molecule has 0 bridgehead atoms. The molecule has 2 aromatic heterocycles. The molecule has 0 saturated heterocycles. The minimum atomic E-state index is -0.532. The summed E-state index contributed by atoms with van der Waals surface area (Å²) < 4.78 is 5.56. The summed E-state index contributed by atoms with van der Waals surface area (Å²) in [7, 11) is 1.75. The maximum absolute atomic E-state index is 12.6. The lowest BCUT2D eigenvalue weighted by Gasteiger charge is -2.27. The SMILES string of the molecule is CN=C(NCCCN(Cc1cccnc1)C(=O)OC(C)(C)C)NCc1ccsc1.I. The average Bonchev–Trinajstić information content (AvgIpc) is 3.19. The molecule has 0 atom stereocenters. The molecule has 166 valence electrons. The Hall–Kier alpha value is -1.88. The Morgan fingerprint density at radius 1 is 1.27 bits per heavy atom. The number of ether oxygens (including phenoxy) is 1. The highest BCUT2D eigenvalue weighted by Gasteiger charge is 2.22. The fourth-order valence-electron chi connectivity index (χ4n) is 2.55. The molecule has 2 rings (SSSR count). The first-order valence-electron chi connectivity index (χ1n) is 9.70. The Balaban J connectivity index is 0.00000450. The number of carbonyl (C=O) groups excluding carboxylic acids is 1. The number of nitrogens with one attached hydrogen (secondary N) is 2. The zero-order chi connectivity index (χ0) is 21.1. The molecule has 2 N–H and O–H groups in total. The van der Waals surface area contributed by atoms with Crippen LogP contribution in [-0.2, 0) is 17.8 Å². The number of hydrogen-bond donors (Lipinski definition) is 2. The molecule has 0 radical (unpaired) electrons. The molecule has 0 fully saturated rings. The summed E-state index contributed by atoms with van der Waals surface area (Å²) in [5.41, 5.74) is 1.67. The molecule has 1 amide bonds. The van der Waals surface area contributed by atoms with Crippen LogP contribution in [0.1, 0.15) is 38.3 Å². The van der Waals surface area contributed by atoms with E-state index in [9.17, 15) is 4.79 Å². The van der Waals surface area contributed by atoms with Gasteiger partial charge in [0.25, 0.3) is 0 Å². The van der Waals surface area contributed by atoms with Gasteiger partial charge in [-0.1, -0.05) is 6.07 Å². The quantitative estimate of drug-likeness (QED) is 0.225.